The van der Waals surface area contributed by atoms with Gasteiger partial charge < -0.3 is 4.74 Å². The van der Waals surface area contributed by atoms with E-state index in [1.807, 2.05) is 0 Å². The number of hydrogen-bond donors (Lipinski definition) is 1. The number of rotatable bonds is 2. The Bertz CT molecular complexity index is 385. The summed E-state index contributed by atoms with van der Waals surface area (Å²) in [4.78, 5) is 0. The van der Waals surface area contributed by atoms with E-state index in [1.54, 1.807) is 6.20 Å². The van der Waals surface area contributed by atoms with Gasteiger partial charge in [0.25, 0.3) is 0 Å². The van der Waals surface area contributed by atoms with Gasteiger partial charge in [-0.3, -0.25) is 5.10 Å². The van der Waals surface area contributed by atoms with Gasteiger partial charge in [-0.25, -0.2) is 8.42 Å². The predicted molar refractivity (Wildman–Crippen MR) is 50.6 cm³/mol. The Kier molecular flexibility index (Phi) is 2.45. The van der Waals surface area contributed by atoms with E-state index >= 15 is 0 Å². The first-order chi connectivity index (χ1) is 6.68. The lowest BCUT2D eigenvalue weighted by atomic mass is 10.2. The molecule has 1 aromatic rings. The zero-order valence-electron chi connectivity index (χ0n) is 7.64. The van der Waals surface area contributed by atoms with Gasteiger partial charge in [-0.1, -0.05) is 0 Å². The molecular formula is C8H12N2O3S. The lowest BCUT2D eigenvalue weighted by Crippen LogP contribution is -2.33. The summed E-state index contributed by atoms with van der Waals surface area (Å²) in [6.07, 6.45) is 5.25. The molecule has 0 radical (unpaired) electrons. The summed E-state index contributed by atoms with van der Waals surface area (Å²) < 4.78 is 28.4. The summed E-state index contributed by atoms with van der Waals surface area (Å²) in [6, 6.07) is 0. The van der Waals surface area contributed by atoms with E-state index in [-0.39, 0.29) is 5.75 Å². The molecule has 2 rings (SSSR count). The SMILES string of the molecule is O=S1(=O)CCCCC1Oc1cn[nH]c1. The summed E-state index contributed by atoms with van der Waals surface area (Å²) in [7, 11) is -3.06. The predicted octanol–water partition coefficient (Wildman–Crippen LogP) is 0.713. The maximum Gasteiger partial charge on any atom is 0.199 e. The molecule has 0 spiro atoms. The highest BCUT2D eigenvalue weighted by Crippen LogP contribution is 2.22. The molecule has 0 bridgehead atoms. The molecule has 1 fully saturated rings. The third kappa shape index (κ3) is 1.89. The lowest BCUT2D eigenvalue weighted by molar-refractivity contribution is 0.252. The zero-order valence-corrected chi connectivity index (χ0v) is 8.46. The molecule has 1 aliphatic heterocycles. The number of aromatic nitrogens is 2. The zero-order chi connectivity index (χ0) is 10.0. The first-order valence-corrected chi connectivity index (χ1v) is 6.27. The van der Waals surface area contributed by atoms with Gasteiger partial charge in [-0.2, -0.15) is 5.10 Å². The van der Waals surface area contributed by atoms with Crippen LogP contribution in [0.25, 0.3) is 0 Å². The molecule has 78 valence electrons. The van der Waals surface area contributed by atoms with Crippen molar-refractivity contribution in [2.45, 2.75) is 24.7 Å². The fraction of sp³-hybridized carbons (Fsp3) is 0.625. The Morgan fingerprint density at radius 1 is 1.50 bits per heavy atom. The van der Waals surface area contributed by atoms with Gasteiger partial charge in [0.15, 0.2) is 21.0 Å². The monoisotopic (exact) mass is 216 g/mol. The van der Waals surface area contributed by atoms with E-state index < -0.39 is 15.3 Å². The quantitative estimate of drug-likeness (QED) is 0.790. The Balaban J connectivity index is 2.10. The van der Waals surface area contributed by atoms with Gasteiger partial charge in [0.05, 0.1) is 18.1 Å². The molecule has 1 aromatic heterocycles. The van der Waals surface area contributed by atoms with Gasteiger partial charge in [-0.15, -0.1) is 0 Å². The number of sulfone groups is 1. The molecule has 1 atom stereocenters. The van der Waals surface area contributed by atoms with Gasteiger partial charge in [0.1, 0.15) is 0 Å². The summed E-state index contributed by atoms with van der Waals surface area (Å²) in [5.41, 5.74) is -0.686. The fourth-order valence-electron chi connectivity index (χ4n) is 1.51. The largest absolute Gasteiger partial charge is 0.471 e. The highest BCUT2D eigenvalue weighted by atomic mass is 32.2. The van der Waals surface area contributed by atoms with Crippen LogP contribution in [0.3, 0.4) is 0 Å². The topological polar surface area (TPSA) is 72.1 Å². The molecule has 2 heterocycles. The highest BCUT2D eigenvalue weighted by Gasteiger charge is 2.30. The van der Waals surface area contributed by atoms with E-state index in [0.29, 0.717) is 12.2 Å². The number of ether oxygens (including phenoxy) is 1. The summed E-state index contributed by atoms with van der Waals surface area (Å²) >= 11 is 0. The van der Waals surface area contributed by atoms with Crippen LogP contribution in [-0.2, 0) is 9.84 Å². The van der Waals surface area contributed by atoms with Crippen LogP contribution in [0.15, 0.2) is 12.4 Å². The first kappa shape index (κ1) is 9.51. The Morgan fingerprint density at radius 3 is 3.00 bits per heavy atom. The molecule has 1 unspecified atom stereocenters. The number of aromatic amines is 1. The Morgan fingerprint density at radius 2 is 2.36 bits per heavy atom. The van der Waals surface area contributed by atoms with Crippen molar-refractivity contribution in [1.82, 2.24) is 10.2 Å². The van der Waals surface area contributed by atoms with Crippen molar-refractivity contribution in [1.29, 1.82) is 0 Å². The standard InChI is InChI=1S/C8H12N2O3S/c11-14(12)4-2-1-3-8(14)13-7-5-9-10-6-7/h5-6,8H,1-4H2,(H,9,10). The second-order valence-corrected chi connectivity index (χ2v) is 5.60. The molecule has 1 N–H and O–H groups in total. The van der Waals surface area contributed by atoms with E-state index in [2.05, 4.69) is 10.2 Å². The highest BCUT2D eigenvalue weighted by molar-refractivity contribution is 7.91. The molecule has 0 amide bonds. The maximum absolute atomic E-state index is 11.6. The summed E-state index contributed by atoms with van der Waals surface area (Å²) in [5, 5.41) is 6.27. The van der Waals surface area contributed by atoms with Crippen molar-refractivity contribution in [2.75, 3.05) is 5.75 Å². The van der Waals surface area contributed by atoms with E-state index in [4.69, 9.17) is 4.74 Å². The van der Waals surface area contributed by atoms with Crippen molar-refractivity contribution in [3.63, 3.8) is 0 Å². The van der Waals surface area contributed by atoms with E-state index in [1.165, 1.54) is 6.20 Å². The molecule has 1 aliphatic rings. The van der Waals surface area contributed by atoms with Crippen LogP contribution in [0.2, 0.25) is 0 Å². The summed E-state index contributed by atoms with van der Waals surface area (Å²) in [5.74, 6) is 0.718. The average molecular weight is 216 g/mol. The van der Waals surface area contributed by atoms with Gasteiger partial charge >= 0.3 is 0 Å². The molecule has 0 aromatic carbocycles. The lowest BCUT2D eigenvalue weighted by Gasteiger charge is -2.22. The third-order valence-electron chi connectivity index (χ3n) is 2.26. The average Bonchev–Trinajstić information content (AvgIpc) is 2.61. The van der Waals surface area contributed by atoms with Crippen molar-refractivity contribution in [3.05, 3.63) is 12.4 Å². The number of H-pyrrole nitrogens is 1. The van der Waals surface area contributed by atoms with Gasteiger partial charge in [0, 0.05) is 0 Å². The normalized spacial score (nSPS) is 25.9. The second kappa shape index (κ2) is 3.61. The molecule has 5 nitrogen and oxygen atoms in total. The van der Waals surface area contributed by atoms with Crippen LogP contribution >= 0.6 is 0 Å². The number of hydrogen-bond acceptors (Lipinski definition) is 4. The molecule has 0 aliphatic carbocycles. The molecule has 14 heavy (non-hydrogen) atoms. The Labute approximate surface area is 82.4 Å². The molecule has 1 saturated heterocycles. The van der Waals surface area contributed by atoms with Crippen LogP contribution < -0.4 is 4.74 Å². The molecule has 0 saturated carbocycles. The maximum atomic E-state index is 11.6. The second-order valence-electron chi connectivity index (χ2n) is 3.34. The van der Waals surface area contributed by atoms with Crippen molar-refractivity contribution in [2.24, 2.45) is 0 Å². The number of nitrogens with one attached hydrogen (secondary N) is 1. The van der Waals surface area contributed by atoms with E-state index in [9.17, 15) is 8.42 Å². The minimum absolute atomic E-state index is 0.232. The fourth-order valence-corrected chi connectivity index (χ4v) is 3.17. The minimum Gasteiger partial charge on any atom is -0.471 e. The van der Waals surface area contributed by atoms with Crippen molar-refractivity contribution in [3.8, 4) is 5.75 Å². The van der Waals surface area contributed by atoms with Gasteiger partial charge in [-0.05, 0) is 19.3 Å². The smallest absolute Gasteiger partial charge is 0.199 e. The minimum atomic E-state index is -3.06. The van der Waals surface area contributed by atoms with E-state index in [0.717, 1.165) is 12.8 Å². The first-order valence-electron chi connectivity index (χ1n) is 4.55. The van der Waals surface area contributed by atoms with Crippen molar-refractivity contribution < 1.29 is 13.2 Å². The van der Waals surface area contributed by atoms with Crippen LogP contribution in [0.1, 0.15) is 19.3 Å². The molecule has 6 heteroatoms. The van der Waals surface area contributed by atoms with Crippen LogP contribution in [0.5, 0.6) is 5.75 Å². The third-order valence-corrected chi connectivity index (χ3v) is 4.25. The van der Waals surface area contributed by atoms with Crippen LogP contribution in [0.4, 0.5) is 0 Å². The van der Waals surface area contributed by atoms with Crippen LogP contribution in [0, 0.1) is 0 Å². The molecular weight excluding hydrogens is 204 g/mol. The van der Waals surface area contributed by atoms with Crippen molar-refractivity contribution >= 4 is 9.84 Å². The van der Waals surface area contributed by atoms with Gasteiger partial charge in [0.2, 0.25) is 0 Å². The summed E-state index contributed by atoms with van der Waals surface area (Å²) in [6.45, 7) is 0. The number of nitrogens with zero attached hydrogens (tertiary/aromatic N) is 1. The Hall–Kier alpha value is -1.04. The van der Waals surface area contributed by atoms with Crippen LogP contribution in [-0.4, -0.2) is 29.8 Å².